The van der Waals surface area contributed by atoms with Crippen LogP contribution in [0.15, 0.2) is 11.8 Å². The summed E-state index contributed by atoms with van der Waals surface area (Å²) < 4.78 is 0. The van der Waals surface area contributed by atoms with Gasteiger partial charge in [0.05, 0.1) is 0 Å². The first kappa shape index (κ1) is 9.15. The monoisotopic (exact) mass is 159 g/mol. The van der Waals surface area contributed by atoms with Crippen LogP contribution in [0, 0.1) is 0 Å². The SMILES string of the molecule is O=C/C=C(/NC(=O)O)C(=O)O. The molecule has 3 N–H and O–H groups in total. The average Bonchev–Trinajstić information content (AvgIpc) is 1.86. The third kappa shape index (κ3) is 3.68. The smallest absolute Gasteiger partial charge is 0.409 e. The fourth-order valence-electron chi connectivity index (χ4n) is 0.350. The topological polar surface area (TPSA) is 104 Å². The molecule has 0 atom stereocenters. The van der Waals surface area contributed by atoms with Crippen LogP contribution in [-0.2, 0) is 9.59 Å². The van der Waals surface area contributed by atoms with Gasteiger partial charge in [0, 0.05) is 6.08 Å². The molecular formula is C5H5NO5. The molecule has 0 aliphatic carbocycles. The molecule has 0 spiro atoms. The number of rotatable bonds is 3. The first-order valence-corrected chi connectivity index (χ1v) is 2.46. The van der Waals surface area contributed by atoms with E-state index >= 15 is 0 Å². The highest BCUT2D eigenvalue weighted by molar-refractivity contribution is 5.93. The lowest BCUT2D eigenvalue weighted by Crippen LogP contribution is -2.25. The van der Waals surface area contributed by atoms with Crippen molar-refractivity contribution in [1.29, 1.82) is 0 Å². The molecule has 0 saturated carbocycles. The van der Waals surface area contributed by atoms with Crippen molar-refractivity contribution in [3.8, 4) is 0 Å². The molecular weight excluding hydrogens is 154 g/mol. The van der Waals surface area contributed by atoms with Crippen LogP contribution in [0.1, 0.15) is 0 Å². The second-order valence-corrected chi connectivity index (χ2v) is 1.45. The Kier molecular flexibility index (Phi) is 3.36. The molecule has 0 aliphatic heterocycles. The van der Waals surface area contributed by atoms with Gasteiger partial charge in [-0.05, 0) is 0 Å². The molecule has 0 aromatic heterocycles. The predicted molar refractivity (Wildman–Crippen MR) is 32.9 cm³/mol. The van der Waals surface area contributed by atoms with Crippen LogP contribution in [0.4, 0.5) is 4.79 Å². The zero-order valence-corrected chi connectivity index (χ0v) is 5.27. The first-order valence-electron chi connectivity index (χ1n) is 2.46. The maximum absolute atomic E-state index is 10.1. The van der Waals surface area contributed by atoms with E-state index in [0.717, 1.165) is 0 Å². The summed E-state index contributed by atoms with van der Waals surface area (Å²) >= 11 is 0. The number of aldehydes is 1. The molecule has 0 fully saturated rings. The van der Waals surface area contributed by atoms with Gasteiger partial charge in [-0.15, -0.1) is 0 Å². The normalized spacial score (nSPS) is 10.4. The lowest BCUT2D eigenvalue weighted by atomic mass is 10.4. The molecule has 0 aromatic rings. The van der Waals surface area contributed by atoms with E-state index < -0.39 is 17.8 Å². The van der Waals surface area contributed by atoms with Gasteiger partial charge in [-0.3, -0.25) is 10.1 Å². The number of allylic oxidation sites excluding steroid dienone is 1. The van der Waals surface area contributed by atoms with Gasteiger partial charge in [0.15, 0.2) is 0 Å². The van der Waals surface area contributed by atoms with Gasteiger partial charge < -0.3 is 10.2 Å². The zero-order valence-electron chi connectivity index (χ0n) is 5.27. The quantitative estimate of drug-likeness (QED) is 0.377. The number of carbonyl (C=O) groups is 3. The minimum absolute atomic E-state index is 0.180. The van der Waals surface area contributed by atoms with Crippen molar-refractivity contribution in [2.45, 2.75) is 0 Å². The highest BCUT2D eigenvalue weighted by atomic mass is 16.4. The number of amides is 1. The number of nitrogens with one attached hydrogen (secondary N) is 1. The van der Waals surface area contributed by atoms with Crippen molar-refractivity contribution in [2.24, 2.45) is 0 Å². The van der Waals surface area contributed by atoms with Crippen LogP contribution in [0.3, 0.4) is 0 Å². The average molecular weight is 159 g/mol. The van der Waals surface area contributed by atoms with Crippen LogP contribution in [0.25, 0.3) is 0 Å². The van der Waals surface area contributed by atoms with Crippen LogP contribution in [0.2, 0.25) is 0 Å². The Morgan fingerprint density at radius 1 is 1.27 bits per heavy atom. The Hall–Kier alpha value is -1.85. The molecule has 1 amide bonds. The van der Waals surface area contributed by atoms with Crippen LogP contribution in [0.5, 0.6) is 0 Å². The van der Waals surface area contributed by atoms with Crippen LogP contribution in [-0.4, -0.2) is 28.6 Å². The van der Waals surface area contributed by atoms with Gasteiger partial charge in [-0.1, -0.05) is 0 Å². The summed E-state index contributed by atoms with van der Waals surface area (Å²) in [7, 11) is 0. The largest absolute Gasteiger partial charge is 0.477 e. The Morgan fingerprint density at radius 2 is 1.82 bits per heavy atom. The predicted octanol–water partition coefficient (Wildman–Crippen LogP) is -0.579. The summed E-state index contributed by atoms with van der Waals surface area (Å²) in [6.45, 7) is 0. The number of hydrogen-bond donors (Lipinski definition) is 3. The van der Waals surface area contributed by atoms with Crippen LogP contribution >= 0.6 is 0 Å². The third-order valence-corrected chi connectivity index (χ3v) is 0.707. The molecule has 6 nitrogen and oxygen atoms in total. The van der Waals surface area contributed by atoms with E-state index in [1.165, 1.54) is 5.32 Å². The van der Waals surface area contributed by atoms with E-state index in [1.54, 1.807) is 0 Å². The van der Waals surface area contributed by atoms with E-state index in [9.17, 15) is 14.4 Å². The third-order valence-electron chi connectivity index (χ3n) is 0.707. The molecule has 0 aliphatic rings. The van der Waals surface area contributed by atoms with Gasteiger partial charge in [0.25, 0.3) is 0 Å². The summed E-state index contributed by atoms with van der Waals surface area (Å²) in [5.74, 6) is -1.50. The molecule has 0 aromatic carbocycles. The Bertz CT molecular complexity index is 219. The van der Waals surface area contributed by atoms with Crippen molar-refractivity contribution in [3.05, 3.63) is 11.8 Å². The number of aliphatic carboxylic acids is 1. The van der Waals surface area contributed by atoms with E-state index in [0.29, 0.717) is 6.08 Å². The number of hydrogen-bond acceptors (Lipinski definition) is 3. The molecule has 0 radical (unpaired) electrons. The molecule has 0 saturated heterocycles. The lowest BCUT2D eigenvalue weighted by Gasteiger charge is -1.97. The Labute approximate surface area is 61.1 Å². The first-order chi connectivity index (χ1) is 5.07. The van der Waals surface area contributed by atoms with Gasteiger partial charge in [0.2, 0.25) is 0 Å². The van der Waals surface area contributed by atoms with E-state index in [1.807, 2.05) is 0 Å². The molecule has 0 heterocycles. The van der Waals surface area contributed by atoms with E-state index in [-0.39, 0.29) is 6.29 Å². The second kappa shape index (κ2) is 4.04. The van der Waals surface area contributed by atoms with Gasteiger partial charge in [-0.25, -0.2) is 9.59 Å². The van der Waals surface area contributed by atoms with Gasteiger partial charge in [0.1, 0.15) is 12.0 Å². The minimum atomic E-state index is -1.53. The maximum atomic E-state index is 10.1. The molecule has 11 heavy (non-hydrogen) atoms. The summed E-state index contributed by atoms with van der Waals surface area (Å²) in [6, 6.07) is 0. The lowest BCUT2D eigenvalue weighted by molar-refractivity contribution is -0.133. The maximum Gasteiger partial charge on any atom is 0.409 e. The standard InChI is InChI=1S/C5H5NO5/c7-2-1-3(4(8)9)6-5(10)11/h1-2,6H,(H,8,9)(H,10,11)/b3-1+. The van der Waals surface area contributed by atoms with Crippen molar-refractivity contribution in [2.75, 3.05) is 0 Å². The summed E-state index contributed by atoms with van der Waals surface area (Å²) in [4.78, 5) is 29.7. The van der Waals surface area contributed by atoms with E-state index in [2.05, 4.69) is 0 Å². The number of carboxylic acids is 1. The Morgan fingerprint density at radius 3 is 2.09 bits per heavy atom. The summed E-state index contributed by atoms with van der Waals surface area (Å²) in [6.07, 6.45) is -0.740. The fraction of sp³-hybridized carbons (Fsp3) is 0. The second-order valence-electron chi connectivity index (χ2n) is 1.45. The van der Waals surface area contributed by atoms with Crippen molar-refractivity contribution < 1.29 is 24.6 Å². The zero-order chi connectivity index (χ0) is 8.85. The van der Waals surface area contributed by atoms with Gasteiger partial charge in [-0.2, -0.15) is 0 Å². The molecule has 0 rings (SSSR count). The molecule has 0 bridgehead atoms. The van der Waals surface area contributed by atoms with Crippen molar-refractivity contribution in [3.63, 3.8) is 0 Å². The summed E-state index contributed by atoms with van der Waals surface area (Å²) in [5, 5.41) is 17.8. The molecule has 60 valence electrons. The van der Waals surface area contributed by atoms with Crippen molar-refractivity contribution in [1.82, 2.24) is 5.32 Å². The fourth-order valence-corrected chi connectivity index (χ4v) is 0.350. The van der Waals surface area contributed by atoms with Gasteiger partial charge >= 0.3 is 12.1 Å². The molecule has 0 unspecified atom stereocenters. The summed E-state index contributed by atoms with van der Waals surface area (Å²) in [5.41, 5.74) is -0.674. The van der Waals surface area contributed by atoms with E-state index in [4.69, 9.17) is 10.2 Å². The van der Waals surface area contributed by atoms with Crippen molar-refractivity contribution >= 4 is 18.3 Å². The van der Waals surface area contributed by atoms with Crippen LogP contribution < -0.4 is 5.32 Å². The highest BCUT2D eigenvalue weighted by Crippen LogP contribution is 1.86. The Balaban J connectivity index is 4.35. The molecule has 6 heteroatoms. The minimum Gasteiger partial charge on any atom is -0.477 e. The highest BCUT2D eigenvalue weighted by Gasteiger charge is 2.08. The number of carboxylic acid groups (broad SMARTS) is 2. The number of carbonyl (C=O) groups excluding carboxylic acids is 1.